The number of ether oxygens (including phenoxy) is 1. The molecule has 0 unspecified atom stereocenters. The Bertz CT molecular complexity index is 671. The lowest BCUT2D eigenvalue weighted by molar-refractivity contribution is -0.134. The zero-order chi connectivity index (χ0) is 20.9. The van der Waals surface area contributed by atoms with Crippen molar-refractivity contribution in [2.75, 3.05) is 39.0 Å². The first-order valence-electron chi connectivity index (χ1n) is 8.77. The SMILES string of the molecule is CCOC(=O)N1CCN(Cc2ccccc2SC)CC1.O=C(O)/C=C/C(=O)O. The Kier molecular flexibility index (Phi) is 10.7. The van der Waals surface area contributed by atoms with E-state index in [-0.39, 0.29) is 6.09 Å². The number of aliphatic carboxylic acids is 2. The van der Waals surface area contributed by atoms with Crippen LogP contribution in [0.1, 0.15) is 12.5 Å². The average Bonchev–Trinajstić information content (AvgIpc) is 2.68. The van der Waals surface area contributed by atoms with Crippen molar-refractivity contribution in [2.45, 2.75) is 18.4 Å². The number of piperazine rings is 1. The van der Waals surface area contributed by atoms with Crippen LogP contribution >= 0.6 is 11.8 Å². The highest BCUT2D eigenvalue weighted by Crippen LogP contribution is 2.21. The fourth-order valence-corrected chi connectivity index (χ4v) is 3.13. The van der Waals surface area contributed by atoms with Crippen LogP contribution in [-0.4, -0.2) is 77.1 Å². The third-order valence-corrected chi connectivity index (χ3v) is 4.69. The number of rotatable bonds is 6. The highest BCUT2D eigenvalue weighted by atomic mass is 32.2. The summed E-state index contributed by atoms with van der Waals surface area (Å²) >= 11 is 1.78. The number of benzene rings is 1. The van der Waals surface area contributed by atoms with E-state index >= 15 is 0 Å². The molecular weight excluding hydrogens is 384 g/mol. The number of carbonyl (C=O) groups excluding carboxylic acids is 1. The Morgan fingerprint density at radius 3 is 2.14 bits per heavy atom. The van der Waals surface area contributed by atoms with Gasteiger partial charge in [-0.3, -0.25) is 4.90 Å². The molecule has 9 heteroatoms. The van der Waals surface area contributed by atoms with Crippen LogP contribution in [0.25, 0.3) is 0 Å². The molecule has 0 atom stereocenters. The molecule has 1 aromatic carbocycles. The van der Waals surface area contributed by atoms with Crippen LogP contribution < -0.4 is 0 Å². The van der Waals surface area contributed by atoms with Gasteiger partial charge in [-0.15, -0.1) is 11.8 Å². The number of carbonyl (C=O) groups is 3. The first kappa shape index (κ1) is 23.5. The minimum atomic E-state index is -1.26. The maximum Gasteiger partial charge on any atom is 0.409 e. The van der Waals surface area contributed by atoms with Gasteiger partial charge in [0.2, 0.25) is 0 Å². The van der Waals surface area contributed by atoms with Crippen LogP contribution in [0.4, 0.5) is 4.79 Å². The Labute approximate surface area is 168 Å². The average molecular weight is 410 g/mol. The van der Waals surface area contributed by atoms with E-state index in [0.717, 1.165) is 32.7 Å². The van der Waals surface area contributed by atoms with Crippen LogP contribution in [0.2, 0.25) is 0 Å². The lowest BCUT2D eigenvalue weighted by Gasteiger charge is -2.34. The Hall–Kier alpha value is -2.52. The number of nitrogens with zero attached hydrogens (tertiary/aromatic N) is 2. The van der Waals surface area contributed by atoms with Crippen LogP contribution in [0.3, 0.4) is 0 Å². The van der Waals surface area contributed by atoms with Crippen molar-refractivity contribution >= 4 is 29.8 Å². The van der Waals surface area contributed by atoms with Crippen molar-refractivity contribution in [3.63, 3.8) is 0 Å². The normalized spacial score (nSPS) is 14.3. The summed E-state index contributed by atoms with van der Waals surface area (Å²) in [5.74, 6) is -2.51. The van der Waals surface area contributed by atoms with E-state index in [9.17, 15) is 14.4 Å². The minimum Gasteiger partial charge on any atom is -0.478 e. The van der Waals surface area contributed by atoms with Crippen LogP contribution in [-0.2, 0) is 20.9 Å². The summed E-state index contributed by atoms with van der Waals surface area (Å²) in [6, 6.07) is 8.51. The summed E-state index contributed by atoms with van der Waals surface area (Å²) in [4.78, 5) is 36.3. The summed E-state index contributed by atoms with van der Waals surface area (Å²) < 4.78 is 5.04. The number of amides is 1. The third kappa shape index (κ3) is 8.92. The molecule has 0 aromatic heterocycles. The molecule has 1 aliphatic rings. The lowest BCUT2D eigenvalue weighted by Crippen LogP contribution is -2.48. The first-order valence-corrected chi connectivity index (χ1v) is 9.99. The van der Waals surface area contributed by atoms with Crippen molar-refractivity contribution in [2.24, 2.45) is 0 Å². The number of hydrogen-bond donors (Lipinski definition) is 2. The molecule has 2 rings (SSSR count). The summed E-state index contributed by atoms with van der Waals surface area (Å²) in [6.07, 6.45) is 3.04. The second-order valence-electron chi connectivity index (χ2n) is 5.78. The van der Waals surface area contributed by atoms with Crippen molar-refractivity contribution in [1.29, 1.82) is 0 Å². The maximum atomic E-state index is 11.6. The van der Waals surface area contributed by atoms with Crippen molar-refractivity contribution < 1.29 is 29.3 Å². The third-order valence-electron chi connectivity index (χ3n) is 3.85. The molecule has 28 heavy (non-hydrogen) atoms. The molecular formula is C19H26N2O6S. The van der Waals surface area contributed by atoms with E-state index in [2.05, 4.69) is 35.4 Å². The van der Waals surface area contributed by atoms with Crippen molar-refractivity contribution in [3.8, 4) is 0 Å². The number of carboxylic acids is 2. The van der Waals surface area contributed by atoms with Crippen LogP contribution in [0.15, 0.2) is 41.3 Å². The number of hydrogen-bond acceptors (Lipinski definition) is 6. The lowest BCUT2D eigenvalue weighted by atomic mass is 10.2. The van der Waals surface area contributed by atoms with Gasteiger partial charge in [-0.05, 0) is 24.8 Å². The van der Waals surface area contributed by atoms with E-state index < -0.39 is 11.9 Å². The van der Waals surface area contributed by atoms with E-state index in [1.807, 2.05) is 6.92 Å². The summed E-state index contributed by atoms with van der Waals surface area (Å²) in [5, 5.41) is 15.6. The summed E-state index contributed by atoms with van der Waals surface area (Å²) in [7, 11) is 0. The molecule has 0 aliphatic carbocycles. The maximum absolute atomic E-state index is 11.6. The monoisotopic (exact) mass is 410 g/mol. The molecule has 0 bridgehead atoms. The van der Waals surface area contributed by atoms with E-state index in [4.69, 9.17) is 14.9 Å². The highest BCUT2D eigenvalue weighted by Gasteiger charge is 2.22. The zero-order valence-electron chi connectivity index (χ0n) is 16.0. The van der Waals surface area contributed by atoms with Gasteiger partial charge >= 0.3 is 18.0 Å². The molecule has 0 saturated carbocycles. The van der Waals surface area contributed by atoms with Gasteiger partial charge in [0.25, 0.3) is 0 Å². The number of thioether (sulfide) groups is 1. The topological polar surface area (TPSA) is 107 Å². The summed E-state index contributed by atoms with van der Waals surface area (Å²) in [6.45, 7) is 6.55. The fraction of sp³-hybridized carbons (Fsp3) is 0.421. The van der Waals surface area contributed by atoms with E-state index in [1.54, 1.807) is 16.7 Å². The summed E-state index contributed by atoms with van der Waals surface area (Å²) in [5.41, 5.74) is 1.37. The standard InChI is InChI=1S/C15H22N2O2S.C4H4O4/c1-3-19-15(18)17-10-8-16(9-11-17)12-13-6-4-5-7-14(13)20-2;5-3(6)1-2-4(7)8/h4-7H,3,8-12H2,1-2H3;1-2H,(H,5,6)(H,7,8)/b;2-1+. The largest absolute Gasteiger partial charge is 0.478 e. The fourth-order valence-electron chi connectivity index (χ4n) is 2.52. The first-order chi connectivity index (χ1) is 13.4. The molecule has 154 valence electrons. The van der Waals surface area contributed by atoms with Gasteiger partial charge in [0.15, 0.2) is 0 Å². The molecule has 1 fully saturated rings. The van der Waals surface area contributed by atoms with E-state index in [0.29, 0.717) is 18.8 Å². The second kappa shape index (κ2) is 12.8. The predicted octanol–water partition coefficient (Wildman–Crippen LogP) is 2.39. The van der Waals surface area contributed by atoms with Gasteiger partial charge in [-0.25, -0.2) is 14.4 Å². The number of carboxylic acid groups (broad SMARTS) is 2. The molecule has 1 heterocycles. The van der Waals surface area contributed by atoms with Gasteiger partial charge in [-0.2, -0.15) is 0 Å². The molecule has 1 aromatic rings. The van der Waals surface area contributed by atoms with Gasteiger partial charge in [-0.1, -0.05) is 18.2 Å². The quantitative estimate of drug-likeness (QED) is 0.544. The molecule has 8 nitrogen and oxygen atoms in total. The zero-order valence-corrected chi connectivity index (χ0v) is 16.9. The Balaban J connectivity index is 0.000000416. The van der Waals surface area contributed by atoms with Crippen molar-refractivity contribution in [3.05, 3.63) is 42.0 Å². The molecule has 0 radical (unpaired) electrons. The van der Waals surface area contributed by atoms with Gasteiger partial charge in [0.05, 0.1) is 6.61 Å². The van der Waals surface area contributed by atoms with Gasteiger partial charge in [0.1, 0.15) is 0 Å². The molecule has 1 amide bonds. The van der Waals surface area contributed by atoms with Crippen LogP contribution in [0, 0.1) is 0 Å². The molecule has 2 N–H and O–H groups in total. The molecule has 1 aliphatic heterocycles. The smallest absolute Gasteiger partial charge is 0.409 e. The second-order valence-corrected chi connectivity index (χ2v) is 6.63. The van der Waals surface area contributed by atoms with E-state index in [1.165, 1.54) is 10.5 Å². The van der Waals surface area contributed by atoms with Crippen molar-refractivity contribution in [1.82, 2.24) is 9.80 Å². The van der Waals surface area contributed by atoms with Crippen LogP contribution in [0.5, 0.6) is 0 Å². The Morgan fingerprint density at radius 2 is 1.64 bits per heavy atom. The molecule has 1 saturated heterocycles. The molecule has 0 spiro atoms. The highest BCUT2D eigenvalue weighted by molar-refractivity contribution is 7.98. The predicted molar refractivity (Wildman–Crippen MR) is 107 cm³/mol. The van der Waals surface area contributed by atoms with Gasteiger partial charge in [0, 0.05) is 49.8 Å². The van der Waals surface area contributed by atoms with Gasteiger partial charge < -0.3 is 19.8 Å². The minimum absolute atomic E-state index is 0.184. The Morgan fingerprint density at radius 1 is 1.07 bits per heavy atom.